The second-order valence-corrected chi connectivity index (χ2v) is 11.4. The Hall–Kier alpha value is -3.29. The number of allylic oxidation sites excluding steroid dienone is 1. The van der Waals surface area contributed by atoms with Crippen molar-refractivity contribution in [3.8, 4) is 11.4 Å². The van der Waals surface area contributed by atoms with Crippen molar-refractivity contribution in [2.24, 2.45) is 16.8 Å². The van der Waals surface area contributed by atoms with E-state index in [-0.39, 0.29) is 11.7 Å². The smallest absolute Gasteiger partial charge is 0.295 e. The van der Waals surface area contributed by atoms with E-state index in [0.29, 0.717) is 24.2 Å². The van der Waals surface area contributed by atoms with Gasteiger partial charge >= 0.3 is 5.69 Å². The number of unbranched alkanes of at least 4 members (excludes halogenated alkanes) is 1. The minimum Gasteiger partial charge on any atom is -0.295 e. The lowest BCUT2D eigenvalue weighted by Crippen LogP contribution is -2.39. The molecular formula is C30H41N7O. The number of nitrogens with one attached hydrogen (secondary N) is 1. The lowest BCUT2D eigenvalue weighted by Gasteiger charge is -2.33. The van der Waals surface area contributed by atoms with Crippen molar-refractivity contribution in [2.45, 2.75) is 96.6 Å². The number of nitrogens with zero attached hydrogens (tertiary/aromatic N) is 6. The molecule has 5 rings (SSSR count). The molecule has 2 aliphatic rings. The highest BCUT2D eigenvalue weighted by Crippen LogP contribution is 2.37. The number of aromatic nitrogens is 6. The Bertz CT molecular complexity index is 1310. The van der Waals surface area contributed by atoms with Crippen molar-refractivity contribution in [3.63, 3.8) is 0 Å². The van der Waals surface area contributed by atoms with E-state index in [9.17, 15) is 4.79 Å². The second-order valence-electron chi connectivity index (χ2n) is 11.4. The van der Waals surface area contributed by atoms with Crippen LogP contribution in [0.3, 0.4) is 0 Å². The fourth-order valence-electron chi connectivity index (χ4n) is 6.54. The van der Waals surface area contributed by atoms with Crippen LogP contribution in [-0.2, 0) is 18.4 Å². The van der Waals surface area contributed by atoms with E-state index in [1.807, 2.05) is 24.5 Å². The first-order valence-corrected chi connectivity index (χ1v) is 14.4. The Morgan fingerprint density at radius 1 is 1.13 bits per heavy atom. The average molecular weight is 516 g/mol. The van der Waals surface area contributed by atoms with E-state index < -0.39 is 5.41 Å². The molecule has 1 saturated carbocycles. The Balaban J connectivity index is 1.57. The first-order valence-electron chi connectivity index (χ1n) is 14.4. The Labute approximate surface area is 225 Å². The summed E-state index contributed by atoms with van der Waals surface area (Å²) in [4.78, 5) is 18.7. The fraction of sp³-hybridized carbons (Fsp3) is 0.567. The summed E-state index contributed by atoms with van der Waals surface area (Å²) >= 11 is 0. The first-order chi connectivity index (χ1) is 18.5. The van der Waals surface area contributed by atoms with Gasteiger partial charge in [-0.3, -0.25) is 14.1 Å². The van der Waals surface area contributed by atoms with Gasteiger partial charge in [0.05, 0.1) is 0 Å². The molecule has 1 fully saturated rings. The molecule has 0 amide bonds. The molecule has 8 nitrogen and oxygen atoms in total. The van der Waals surface area contributed by atoms with Crippen LogP contribution < -0.4 is 5.69 Å². The van der Waals surface area contributed by atoms with Crippen molar-refractivity contribution in [3.05, 3.63) is 64.5 Å². The summed E-state index contributed by atoms with van der Waals surface area (Å²) < 4.78 is 4.17. The highest BCUT2D eigenvalue weighted by atomic mass is 16.1. The maximum absolute atomic E-state index is 14.3. The summed E-state index contributed by atoms with van der Waals surface area (Å²) in [5.74, 6) is 1.54. The normalized spacial score (nSPS) is 25.8. The lowest BCUT2D eigenvalue weighted by atomic mass is 9.76. The monoisotopic (exact) mass is 515 g/mol. The van der Waals surface area contributed by atoms with Crippen molar-refractivity contribution in [1.29, 1.82) is 0 Å². The number of aliphatic imine (C=N–C) groups is 1. The van der Waals surface area contributed by atoms with Crippen LogP contribution in [-0.4, -0.2) is 36.0 Å². The standard InChI is InChI=1S/C30H41N7O/c1-4-5-14-26-20-36(27-22(2)10-7-6-8-11-23(27)3)29(38)37(26)21-30(15-17-31-18-16-30)25-13-9-12-24(19-25)28-32-34-35-33-28/h9,12-13,15,17-20,22-23,27H,4-8,10-11,14,16,21H2,1-3H3,(H,32,33,34,35). The number of hydrogen-bond donors (Lipinski definition) is 1. The number of benzene rings is 1. The molecule has 1 aliphatic carbocycles. The molecule has 3 aromatic rings. The minimum atomic E-state index is -0.392. The molecule has 202 valence electrons. The topological polar surface area (TPSA) is 93.8 Å². The number of H-pyrrole nitrogens is 1. The molecule has 0 spiro atoms. The van der Waals surface area contributed by atoms with Crippen molar-refractivity contribution < 1.29 is 0 Å². The van der Waals surface area contributed by atoms with Gasteiger partial charge in [-0.1, -0.05) is 70.7 Å². The summed E-state index contributed by atoms with van der Waals surface area (Å²) in [5.41, 5.74) is 2.90. The van der Waals surface area contributed by atoms with Crippen LogP contribution in [0.15, 0.2) is 52.5 Å². The molecule has 1 aliphatic heterocycles. The number of tetrazole rings is 1. The third-order valence-corrected chi connectivity index (χ3v) is 8.70. The van der Waals surface area contributed by atoms with Gasteiger partial charge in [0.25, 0.3) is 0 Å². The maximum Gasteiger partial charge on any atom is 0.328 e. The molecule has 1 N–H and O–H groups in total. The van der Waals surface area contributed by atoms with E-state index >= 15 is 0 Å². The van der Waals surface area contributed by atoms with Gasteiger partial charge in [0.2, 0.25) is 5.82 Å². The second kappa shape index (κ2) is 11.6. The highest BCUT2D eigenvalue weighted by Gasteiger charge is 2.35. The Morgan fingerprint density at radius 2 is 1.95 bits per heavy atom. The van der Waals surface area contributed by atoms with Crippen molar-refractivity contribution >= 4 is 6.21 Å². The van der Waals surface area contributed by atoms with Crippen LogP contribution in [0.5, 0.6) is 0 Å². The van der Waals surface area contributed by atoms with E-state index in [4.69, 9.17) is 0 Å². The van der Waals surface area contributed by atoms with E-state index in [0.717, 1.165) is 42.5 Å². The highest BCUT2D eigenvalue weighted by molar-refractivity contribution is 5.65. The molecular weight excluding hydrogens is 474 g/mol. The number of aromatic amines is 1. The van der Waals surface area contributed by atoms with Crippen LogP contribution in [0, 0.1) is 11.8 Å². The number of rotatable bonds is 8. The summed E-state index contributed by atoms with van der Waals surface area (Å²) in [7, 11) is 0. The van der Waals surface area contributed by atoms with Crippen LogP contribution in [0.2, 0.25) is 0 Å². The summed E-state index contributed by atoms with van der Waals surface area (Å²) in [6, 6.07) is 8.54. The average Bonchev–Trinajstić information content (AvgIpc) is 3.57. The zero-order valence-corrected chi connectivity index (χ0v) is 23.0. The fourth-order valence-corrected chi connectivity index (χ4v) is 6.54. The zero-order chi connectivity index (χ0) is 26.5. The zero-order valence-electron chi connectivity index (χ0n) is 23.0. The predicted molar refractivity (Wildman–Crippen MR) is 151 cm³/mol. The van der Waals surface area contributed by atoms with Gasteiger partial charge < -0.3 is 0 Å². The van der Waals surface area contributed by atoms with Gasteiger partial charge in [0.15, 0.2) is 0 Å². The molecule has 3 heterocycles. The van der Waals surface area contributed by atoms with Crippen molar-refractivity contribution in [1.82, 2.24) is 29.8 Å². The van der Waals surface area contributed by atoms with Crippen LogP contribution in [0.25, 0.3) is 11.4 Å². The molecule has 2 aromatic heterocycles. The Kier molecular flexibility index (Phi) is 8.05. The third kappa shape index (κ3) is 5.31. The third-order valence-electron chi connectivity index (χ3n) is 8.70. The van der Waals surface area contributed by atoms with E-state index in [2.05, 4.69) is 79.9 Å². The van der Waals surface area contributed by atoms with E-state index in [1.165, 1.54) is 32.1 Å². The molecule has 3 atom stereocenters. The number of hydrogen-bond acceptors (Lipinski definition) is 5. The summed E-state index contributed by atoms with van der Waals surface area (Å²) in [6.07, 6.45) is 18.2. The lowest BCUT2D eigenvalue weighted by molar-refractivity contribution is 0.204. The molecule has 38 heavy (non-hydrogen) atoms. The van der Waals surface area contributed by atoms with Gasteiger partial charge in [0.1, 0.15) is 0 Å². The molecule has 3 unspecified atom stereocenters. The number of aryl methyl sites for hydroxylation is 1. The summed E-state index contributed by atoms with van der Waals surface area (Å²) in [5, 5.41) is 14.6. The minimum absolute atomic E-state index is 0.130. The van der Waals surface area contributed by atoms with Gasteiger partial charge in [-0.05, 0) is 60.8 Å². The molecule has 8 heteroatoms. The summed E-state index contributed by atoms with van der Waals surface area (Å²) in [6.45, 7) is 7.47. The Morgan fingerprint density at radius 3 is 2.63 bits per heavy atom. The largest absolute Gasteiger partial charge is 0.328 e. The van der Waals surface area contributed by atoms with Crippen LogP contribution in [0.4, 0.5) is 0 Å². The predicted octanol–water partition coefficient (Wildman–Crippen LogP) is 5.88. The van der Waals surface area contributed by atoms with Crippen LogP contribution in [0.1, 0.15) is 89.4 Å². The van der Waals surface area contributed by atoms with Gasteiger partial charge in [0, 0.05) is 47.9 Å². The number of imidazole rings is 1. The van der Waals surface area contributed by atoms with Gasteiger partial charge in [-0.2, -0.15) is 5.21 Å². The maximum atomic E-state index is 14.3. The SMILES string of the molecule is CCCCc1cn(C2C(C)CCCCCC2C)c(=O)n1CC1(c2cccc(-c3nn[nH]n3)c2)C=CN=CC1. The quantitative estimate of drug-likeness (QED) is 0.406. The van der Waals surface area contributed by atoms with Gasteiger partial charge in [-0.15, -0.1) is 10.2 Å². The molecule has 0 saturated heterocycles. The van der Waals surface area contributed by atoms with E-state index in [1.54, 1.807) is 0 Å². The first kappa shape index (κ1) is 26.3. The van der Waals surface area contributed by atoms with Crippen LogP contribution >= 0.6 is 0 Å². The van der Waals surface area contributed by atoms with Gasteiger partial charge in [-0.25, -0.2) is 4.79 Å². The molecule has 0 bridgehead atoms. The van der Waals surface area contributed by atoms with Crippen molar-refractivity contribution in [2.75, 3.05) is 0 Å². The molecule has 1 aromatic carbocycles. The molecule has 0 radical (unpaired) electrons.